The molecule has 0 saturated carbocycles. The standard InChI is InChI=1S/C24H29N7O2/c1-5-19-21-22(31-11-10-18(33-4)12-20(31)23(32)29(21)3)28-24(27-19)26-16-6-8-17(9-7-16)30-13-15(2)25-14-30/h6-9,13-14,18,20H,5,10-12H2,1-4H3,(H,26,27,28). The third-order valence-corrected chi connectivity index (χ3v) is 6.52. The van der Waals surface area contributed by atoms with Crippen LogP contribution < -0.4 is 15.1 Å². The van der Waals surface area contributed by atoms with E-state index in [0.717, 1.165) is 47.2 Å². The molecule has 4 heterocycles. The van der Waals surface area contributed by atoms with Crippen molar-refractivity contribution in [3.8, 4) is 5.69 Å². The molecular weight excluding hydrogens is 418 g/mol. The highest BCUT2D eigenvalue weighted by atomic mass is 16.5. The number of nitrogens with one attached hydrogen (secondary N) is 1. The number of ether oxygens (including phenoxy) is 1. The van der Waals surface area contributed by atoms with E-state index in [-0.39, 0.29) is 18.1 Å². The Labute approximate surface area is 193 Å². The second-order valence-corrected chi connectivity index (χ2v) is 8.60. The summed E-state index contributed by atoms with van der Waals surface area (Å²) in [5.74, 6) is 1.43. The van der Waals surface area contributed by atoms with Crippen molar-refractivity contribution in [1.29, 1.82) is 0 Å². The molecule has 33 heavy (non-hydrogen) atoms. The zero-order valence-electron chi connectivity index (χ0n) is 19.4. The number of hydrogen-bond donors (Lipinski definition) is 1. The van der Waals surface area contributed by atoms with Crippen molar-refractivity contribution in [2.75, 3.05) is 35.8 Å². The van der Waals surface area contributed by atoms with Gasteiger partial charge in [-0.2, -0.15) is 4.98 Å². The van der Waals surface area contributed by atoms with Gasteiger partial charge >= 0.3 is 0 Å². The van der Waals surface area contributed by atoms with E-state index in [9.17, 15) is 4.79 Å². The minimum Gasteiger partial charge on any atom is -0.381 e. The number of likely N-dealkylation sites (N-methyl/N-ethyl adjacent to an activating group) is 1. The van der Waals surface area contributed by atoms with E-state index in [2.05, 4.69) is 22.1 Å². The van der Waals surface area contributed by atoms with Gasteiger partial charge in [-0.1, -0.05) is 6.92 Å². The van der Waals surface area contributed by atoms with Crippen LogP contribution in [0.25, 0.3) is 5.69 Å². The number of amides is 1. The van der Waals surface area contributed by atoms with Gasteiger partial charge in [0.25, 0.3) is 0 Å². The highest BCUT2D eigenvalue weighted by Crippen LogP contribution is 2.40. The summed E-state index contributed by atoms with van der Waals surface area (Å²) in [6, 6.07) is 7.80. The molecule has 2 aliphatic rings. The lowest BCUT2D eigenvalue weighted by atomic mass is 9.95. The highest BCUT2D eigenvalue weighted by molar-refractivity contribution is 6.05. The third-order valence-electron chi connectivity index (χ3n) is 6.52. The Balaban J connectivity index is 1.46. The van der Waals surface area contributed by atoms with E-state index in [4.69, 9.17) is 14.7 Å². The van der Waals surface area contributed by atoms with Crippen molar-refractivity contribution in [2.24, 2.45) is 0 Å². The predicted octanol–water partition coefficient (Wildman–Crippen LogP) is 3.24. The van der Waals surface area contributed by atoms with Crippen molar-refractivity contribution in [2.45, 2.75) is 45.3 Å². The summed E-state index contributed by atoms with van der Waals surface area (Å²) in [5.41, 5.74) is 4.57. The molecule has 9 nitrogen and oxygen atoms in total. The van der Waals surface area contributed by atoms with Crippen LogP contribution in [0.4, 0.5) is 23.1 Å². The number of imidazole rings is 1. The Hall–Kier alpha value is -3.46. The number of aryl methyl sites for hydroxylation is 2. The van der Waals surface area contributed by atoms with Crippen LogP contribution in [-0.2, 0) is 16.0 Å². The fourth-order valence-electron chi connectivity index (χ4n) is 4.71. The minimum absolute atomic E-state index is 0.0774. The highest BCUT2D eigenvalue weighted by Gasteiger charge is 2.43. The largest absolute Gasteiger partial charge is 0.381 e. The molecule has 1 amide bonds. The molecule has 1 fully saturated rings. The number of carbonyl (C=O) groups excluding carboxylic acids is 1. The number of hydrogen-bond acceptors (Lipinski definition) is 7. The van der Waals surface area contributed by atoms with E-state index >= 15 is 0 Å². The average Bonchev–Trinajstić information content (AvgIpc) is 3.28. The Morgan fingerprint density at radius 1 is 1.21 bits per heavy atom. The van der Waals surface area contributed by atoms with Gasteiger partial charge in [-0.3, -0.25) is 4.79 Å². The number of rotatable bonds is 5. The van der Waals surface area contributed by atoms with Crippen LogP contribution in [-0.4, -0.2) is 58.3 Å². The van der Waals surface area contributed by atoms with Crippen molar-refractivity contribution in [1.82, 2.24) is 19.5 Å². The number of fused-ring (bicyclic) bond motifs is 3. The van der Waals surface area contributed by atoms with Crippen molar-refractivity contribution >= 4 is 29.0 Å². The molecule has 0 aliphatic carbocycles. The first-order chi connectivity index (χ1) is 16.0. The fourth-order valence-corrected chi connectivity index (χ4v) is 4.71. The van der Waals surface area contributed by atoms with Gasteiger partial charge in [0.2, 0.25) is 11.9 Å². The van der Waals surface area contributed by atoms with Crippen molar-refractivity contribution < 1.29 is 9.53 Å². The average molecular weight is 448 g/mol. The Morgan fingerprint density at radius 2 is 2.00 bits per heavy atom. The normalized spacial score (nSPS) is 19.9. The van der Waals surface area contributed by atoms with Gasteiger partial charge < -0.3 is 24.4 Å². The lowest BCUT2D eigenvalue weighted by Gasteiger charge is -2.45. The van der Waals surface area contributed by atoms with E-state index in [0.29, 0.717) is 18.8 Å². The van der Waals surface area contributed by atoms with E-state index in [1.54, 1.807) is 18.3 Å². The SMILES string of the molecule is CCc1nc(Nc2ccc(-n3cnc(C)c3)cc2)nc2c1N(C)C(=O)C1CC(OC)CCN21. The molecule has 2 unspecified atom stereocenters. The first-order valence-electron chi connectivity index (χ1n) is 11.3. The second kappa shape index (κ2) is 8.47. The molecule has 3 aromatic rings. The van der Waals surface area contributed by atoms with Crippen LogP contribution in [0.3, 0.4) is 0 Å². The van der Waals surface area contributed by atoms with Gasteiger partial charge in [0.1, 0.15) is 11.7 Å². The van der Waals surface area contributed by atoms with E-state index < -0.39 is 0 Å². The Kier molecular flexibility index (Phi) is 5.49. The zero-order chi connectivity index (χ0) is 23.1. The summed E-state index contributed by atoms with van der Waals surface area (Å²) in [5, 5.41) is 3.35. The molecule has 0 bridgehead atoms. The molecule has 9 heteroatoms. The van der Waals surface area contributed by atoms with E-state index in [1.807, 2.05) is 49.0 Å². The summed E-state index contributed by atoms with van der Waals surface area (Å²) < 4.78 is 7.54. The molecule has 2 aliphatic heterocycles. The zero-order valence-corrected chi connectivity index (χ0v) is 19.4. The minimum atomic E-state index is -0.258. The van der Waals surface area contributed by atoms with Gasteiger partial charge in [-0.25, -0.2) is 9.97 Å². The lowest BCUT2D eigenvalue weighted by molar-refractivity contribution is -0.121. The fraction of sp³-hybridized carbons (Fsp3) is 0.417. The molecule has 5 rings (SSSR count). The quantitative estimate of drug-likeness (QED) is 0.642. The third kappa shape index (κ3) is 3.82. The predicted molar refractivity (Wildman–Crippen MR) is 128 cm³/mol. The van der Waals surface area contributed by atoms with Crippen LogP contribution in [0, 0.1) is 6.92 Å². The molecule has 2 aromatic heterocycles. The summed E-state index contributed by atoms with van der Waals surface area (Å²) in [4.78, 5) is 30.9. The molecule has 1 saturated heterocycles. The number of nitrogens with zero attached hydrogens (tertiary/aromatic N) is 6. The summed E-state index contributed by atoms with van der Waals surface area (Å²) in [6.07, 6.45) is 6.13. The van der Waals surface area contributed by atoms with E-state index in [1.165, 1.54) is 0 Å². The summed E-state index contributed by atoms with van der Waals surface area (Å²) >= 11 is 0. The Morgan fingerprint density at radius 3 is 2.67 bits per heavy atom. The van der Waals surface area contributed by atoms with Crippen molar-refractivity contribution in [3.05, 3.63) is 48.2 Å². The van der Waals surface area contributed by atoms with Crippen LogP contribution >= 0.6 is 0 Å². The van der Waals surface area contributed by atoms with Crippen LogP contribution in [0.15, 0.2) is 36.8 Å². The summed E-state index contributed by atoms with van der Waals surface area (Å²) in [6.45, 7) is 4.75. The smallest absolute Gasteiger partial charge is 0.249 e. The summed E-state index contributed by atoms with van der Waals surface area (Å²) in [7, 11) is 3.53. The monoisotopic (exact) mass is 447 g/mol. The molecule has 172 valence electrons. The molecule has 1 aromatic carbocycles. The number of piperidine rings is 1. The number of aromatic nitrogens is 4. The van der Waals surface area contributed by atoms with Gasteiger partial charge in [0, 0.05) is 44.7 Å². The molecule has 0 spiro atoms. The van der Waals surface area contributed by atoms with Crippen molar-refractivity contribution in [3.63, 3.8) is 0 Å². The van der Waals surface area contributed by atoms with Gasteiger partial charge in [-0.15, -0.1) is 0 Å². The maximum absolute atomic E-state index is 13.1. The first-order valence-corrected chi connectivity index (χ1v) is 11.3. The lowest BCUT2D eigenvalue weighted by Crippen LogP contribution is -2.57. The Bertz CT molecular complexity index is 1170. The first kappa shape index (κ1) is 21.4. The molecule has 0 radical (unpaired) electrons. The van der Waals surface area contributed by atoms with Gasteiger partial charge in [0.15, 0.2) is 5.82 Å². The van der Waals surface area contributed by atoms with Crippen LogP contribution in [0.2, 0.25) is 0 Å². The van der Waals surface area contributed by atoms with Crippen LogP contribution in [0.1, 0.15) is 31.2 Å². The number of benzene rings is 1. The van der Waals surface area contributed by atoms with Gasteiger partial charge in [-0.05, 0) is 44.0 Å². The second-order valence-electron chi connectivity index (χ2n) is 8.60. The van der Waals surface area contributed by atoms with Gasteiger partial charge in [0.05, 0.1) is 23.8 Å². The molecular formula is C24H29N7O2. The number of anilines is 4. The maximum atomic E-state index is 13.1. The number of carbonyl (C=O) groups is 1. The molecule has 2 atom stereocenters. The molecule has 1 N–H and O–H groups in total. The topological polar surface area (TPSA) is 88.4 Å². The number of methoxy groups -OCH3 is 1. The maximum Gasteiger partial charge on any atom is 0.249 e. The van der Waals surface area contributed by atoms with Crippen LogP contribution in [0.5, 0.6) is 0 Å².